The number of methoxy groups -OCH3 is 2. The van der Waals surface area contributed by atoms with Crippen molar-refractivity contribution in [2.24, 2.45) is 5.92 Å². The second kappa shape index (κ2) is 7.99. The zero-order valence-electron chi connectivity index (χ0n) is 12.0. The second-order valence-corrected chi connectivity index (χ2v) is 4.90. The van der Waals surface area contributed by atoms with Crippen molar-refractivity contribution in [1.29, 1.82) is 0 Å². The van der Waals surface area contributed by atoms with Crippen LogP contribution < -0.4 is 5.32 Å². The van der Waals surface area contributed by atoms with Crippen LogP contribution in [0.25, 0.3) is 0 Å². The van der Waals surface area contributed by atoms with E-state index in [1.807, 2.05) is 0 Å². The number of likely N-dealkylation sites (tertiary alicyclic amines) is 1. The van der Waals surface area contributed by atoms with Crippen molar-refractivity contribution >= 4 is 12.1 Å². The number of carbonyl (C=O) groups is 2. The molecule has 1 rings (SSSR count). The Kier molecular flexibility index (Phi) is 6.62. The molecule has 2 atom stereocenters. The van der Waals surface area contributed by atoms with Gasteiger partial charge in [-0.05, 0) is 19.4 Å². The molecule has 110 valence electrons. The first kappa shape index (κ1) is 15.8. The number of esters is 1. The van der Waals surface area contributed by atoms with Gasteiger partial charge in [-0.2, -0.15) is 0 Å². The standard InChI is InChI=1S/C13H24N2O4/c1-4-5-6-15-8-10(12(16)18-2)7-11(9-15)14-13(17)19-3/h10-11H,4-9H2,1-3H3,(H,14,17). The lowest BCUT2D eigenvalue weighted by molar-refractivity contribution is -0.147. The Labute approximate surface area is 114 Å². The Hall–Kier alpha value is -1.30. The predicted octanol–water partition coefficient (Wildman–Crippen LogP) is 1.01. The third-order valence-corrected chi connectivity index (χ3v) is 3.40. The predicted molar refractivity (Wildman–Crippen MR) is 70.8 cm³/mol. The lowest BCUT2D eigenvalue weighted by Crippen LogP contribution is -2.52. The summed E-state index contributed by atoms with van der Waals surface area (Å²) < 4.78 is 9.42. The summed E-state index contributed by atoms with van der Waals surface area (Å²) in [5.41, 5.74) is 0. The number of carbonyl (C=O) groups excluding carboxylic acids is 2. The average Bonchev–Trinajstić information content (AvgIpc) is 2.43. The number of nitrogens with zero attached hydrogens (tertiary/aromatic N) is 1. The van der Waals surface area contributed by atoms with Crippen LogP contribution in [0, 0.1) is 5.92 Å². The molecule has 0 aliphatic carbocycles. The van der Waals surface area contributed by atoms with Crippen molar-refractivity contribution in [3.63, 3.8) is 0 Å². The van der Waals surface area contributed by atoms with Gasteiger partial charge in [-0.1, -0.05) is 13.3 Å². The number of ether oxygens (including phenoxy) is 2. The van der Waals surface area contributed by atoms with E-state index in [1.54, 1.807) is 0 Å². The molecule has 6 nitrogen and oxygen atoms in total. The molecule has 1 saturated heterocycles. The largest absolute Gasteiger partial charge is 0.469 e. The molecule has 6 heteroatoms. The first-order valence-electron chi connectivity index (χ1n) is 6.75. The summed E-state index contributed by atoms with van der Waals surface area (Å²) in [4.78, 5) is 25.2. The summed E-state index contributed by atoms with van der Waals surface area (Å²) in [5, 5.41) is 2.77. The molecule has 0 radical (unpaired) electrons. The highest BCUT2D eigenvalue weighted by atomic mass is 16.5. The summed E-state index contributed by atoms with van der Waals surface area (Å²) in [6.07, 6.45) is 2.34. The van der Waals surface area contributed by atoms with E-state index in [-0.39, 0.29) is 17.9 Å². The third kappa shape index (κ3) is 5.06. The number of alkyl carbamates (subject to hydrolysis) is 1. The zero-order chi connectivity index (χ0) is 14.3. The van der Waals surface area contributed by atoms with Crippen LogP contribution in [-0.4, -0.2) is 56.9 Å². The number of hydrogen-bond donors (Lipinski definition) is 1. The molecule has 2 unspecified atom stereocenters. The molecule has 0 aromatic carbocycles. The monoisotopic (exact) mass is 272 g/mol. The van der Waals surface area contributed by atoms with Crippen molar-refractivity contribution in [2.75, 3.05) is 33.9 Å². The fourth-order valence-corrected chi connectivity index (χ4v) is 2.42. The van der Waals surface area contributed by atoms with Crippen LogP contribution in [0.15, 0.2) is 0 Å². The van der Waals surface area contributed by atoms with E-state index in [2.05, 4.69) is 21.9 Å². The van der Waals surface area contributed by atoms with Crippen LogP contribution in [0.5, 0.6) is 0 Å². The Morgan fingerprint density at radius 3 is 2.58 bits per heavy atom. The molecule has 1 aliphatic rings. The Bertz CT molecular complexity index is 309. The third-order valence-electron chi connectivity index (χ3n) is 3.40. The number of hydrogen-bond acceptors (Lipinski definition) is 5. The van der Waals surface area contributed by atoms with Gasteiger partial charge in [-0.15, -0.1) is 0 Å². The molecule has 0 aromatic heterocycles. The quantitative estimate of drug-likeness (QED) is 0.756. The van der Waals surface area contributed by atoms with E-state index >= 15 is 0 Å². The SMILES string of the molecule is CCCCN1CC(NC(=O)OC)CC(C(=O)OC)C1. The van der Waals surface area contributed by atoms with Crippen molar-refractivity contribution < 1.29 is 19.1 Å². The first-order chi connectivity index (χ1) is 9.10. The normalized spacial score (nSPS) is 23.7. The van der Waals surface area contributed by atoms with Gasteiger partial charge in [0.15, 0.2) is 0 Å². The van der Waals surface area contributed by atoms with Gasteiger partial charge in [-0.25, -0.2) is 4.79 Å². The highest BCUT2D eigenvalue weighted by Gasteiger charge is 2.32. The van der Waals surface area contributed by atoms with Crippen LogP contribution in [0.2, 0.25) is 0 Å². The fraction of sp³-hybridized carbons (Fsp3) is 0.846. The van der Waals surface area contributed by atoms with Gasteiger partial charge < -0.3 is 19.7 Å². The maximum absolute atomic E-state index is 11.7. The van der Waals surface area contributed by atoms with Crippen molar-refractivity contribution in [3.05, 3.63) is 0 Å². The van der Waals surface area contributed by atoms with E-state index in [0.29, 0.717) is 13.0 Å². The summed E-state index contributed by atoms with van der Waals surface area (Å²) in [6, 6.07) is -0.0674. The minimum Gasteiger partial charge on any atom is -0.469 e. The van der Waals surface area contributed by atoms with Gasteiger partial charge in [0.1, 0.15) is 0 Å². The maximum Gasteiger partial charge on any atom is 0.407 e. The average molecular weight is 272 g/mol. The smallest absolute Gasteiger partial charge is 0.407 e. The molecular formula is C13H24N2O4. The maximum atomic E-state index is 11.7. The van der Waals surface area contributed by atoms with E-state index < -0.39 is 6.09 Å². The molecule has 0 spiro atoms. The van der Waals surface area contributed by atoms with Gasteiger partial charge in [-0.3, -0.25) is 4.79 Å². The van der Waals surface area contributed by atoms with Crippen molar-refractivity contribution in [2.45, 2.75) is 32.2 Å². The zero-order valence-corrected chi connectivity index (χ0v) is 12.0. The topological polar surface area (TPSA) is 67.9 Å². The van der Waals surface area contributed by atoms with Gasteiger partial charge in [0.05, 0.1) is 20.1 Å². The van der Waals surface area contributed by atoms with Crippen molar-refractivity contribution in [1.82, 2.24) is 10.2 Å². The van der Waals surface area contributed by atoms with Gasteiger partial charge in [0.2, 0.25) is 0 Å². The van der Waals surface area contributed by atoms with E-state index in [4.69, 9.17) is 4.74 Å². The van der Waals surface area contributed by atoms with Crippen LogP contribution in [-0.2, 0) is 14.3 Å². The first-order valence-corrected chi connectivity index (χ1v) is 6.75. The summed E-state index contributed by atoms with van der Waals surface area (Å²) in [5.74, 6) is -0.393. The summed E-state index contributed by atoms with van der Waals surface area (Å²) in [7, 11) is 2.74. The molecule has 0 aromatic rings. The number of nitrogens with one attached hydrogen (secondary N) is 1. The molecule has 0 saturated carbocycles. The minimum atomic E-state index is -0.453. The molecule has 1 N–H and O–H groups in total. The van der Waals surface area contributed by atoms with Crippen LogP contribution in [0.3, 0.4) is 0 Å². The molecule has 1 aliphatic heterocycles. The van der Waals surface area contributed by atoms with Gasteiger partial charge in [0, 0.05) is 19.1 Å². The number of unbranched alkanes of at least 4 members (excludes halogenated alkanes) is 1. The Balaban J connectivity index is 2.60. The lowest BCUT2D eigenvalue weighted by Gasteiger charge is -2.36. The van der Waals surface area contributed by atoms with E-state index in [1.165, 1.54) is 14.2 Å². The molecule has 1 fully saturated rings. The number of rotatable bonds is 5. The molecule has 19 heavy (non-hydrogen) atoms. The fourth-order valence-electron chi connectivity index (χ4n) is 2.42. The molecule has 1 amide bonds. The second-order valence-electron chi connectivity index (χ2n) is 4.90. The van der Waals surface area contributed by atoms with E-state index in [9.17, 15) is 9.59 Å². The number of amides is 1. The Morgan fingerprint density at radius 2 is 2.00 bits per heavy atom. The van der Waals surface area contributed by atoms with Crippen LogP contribution in [0.4, 0.5) is 4.79 Å². The van der Waals surface area contributed by atoms with Gasteiger partial charge >= 0.3 is 12.1 Å². The van der Waals surface area contributed by atoms with Crippen LogP contribution in [0.1, 0.15) is 26.2 Å². The van der Waals surface area contributed by atoms with Crippen LogP contribution >= 0.6 is 0 Å². The molecular weight excluding hydrogens is 248 g/mol. The Morgan fingerprint density at radius 1 is 1.26 bits per heavy atom. The summed E-state index contributed by atoms with van der Waals surface area (Å²) >= 11 is 0. The van der Waals surface area contributed by atoms with E-state index in [0.717, 1.165) is 25.9 Å². The molecule has 1 heterocycles. The van der Waals surface area contributed by atoms with Crippen molar-refractivity contribution in [3.8, 4) is 0 Å². The van der Waals surface area contributed by atoms with Gasteiger partial charge in [0.25, 0.3) is 0 Å². The molecule has 0 bridgehead atoms. The minimum absolute atomic E-state index is 0.0674. The lowest BCUT2D eigenvalue weighted by atomic mass is 9.94. The highest BCUT2D eigenvalue weighted by Crippen LogP contribution is 2.19. The summed E-state index contributed by atoms with van der Waals surface area (Å²) in [6.45, 7) is 4.52. The number of piperidine rings is 1. The highest BCUT2D eigenvalue weighted by molar-refractivity contribution is 5.73.